The Kier molecular flexibility index (Phi) is 4.46. The molecule has 0 radical (unpaired) electrons. The van der Waals surface area contributed by atoms with E-state index >= 15 is 0 Å². The molecule has 2 atom stereocenters. The molecule has 0 aliphatic heterocycles. The first-order valence-corrected chi connectivity index (χ1v) is 6.80. The lowest BCUT2D eigenvalue weighted by Crippen LogP contribution is -2.33. The van der Waals surface area contributed by atoms with Crippen molar-refractivity contribution in [3.05, 3.63) is 35.9 Å². The van der Waals surface area contributed by atoms with Crippen LogP contribution in [0.1, 0.15) is 18.6 Å². The molecule has 0 saturated carbocycles. The molecule has 0 saturated heterocycles. The van der Waals surface area contributed by atoms with E-state index in [9.17, 15) is 13.5 Å². The molecule has 2 N–H and O–H groups in total. The second-order valence-corrected chi connectivity index (χ2v) is 6.04. The van der Waals surface area contributed by atoms with E-state index in [0.717, 1.165) is 0 Å². The lowest BCUT2D eigenvalue weighted by Gasteiger charge is -2.20. The van der Waals surface area contributed by atoms with Crippen molar-refractivity contribution >= 4 is 9.84 Å². The van der Waals surface area contributed by atoms with E-state index in [0.29, 0.717) is 5.56 Å². The average Bonchev–Trinajstić information content (AvgIpc) is 2.30. The van der Waals surface area contributed by atoms with Gasteiger partial charge in [0.05, 0.1) is 12.7 Å². The summed E-state index contributed by atoms with van der Waals surface area (Å²) < 4.78 is 23.3. The number of benzene rings is 1. The van der Waals surface area contributed by atoms with Gasteiger partial charge in [-0.15, -0.1) is 0 Å². The zero-order valence-corrected chi connectivity index (χ0v) is 9.89. The average molecular weight is 244 g/mol. The molecule has 0 spiro atoms. The van der Waals surface area contributed by atoms with Crippen LogP contribution in [0.5, 0.6) is 0 Å². The van der Waals surface area contributed by atoms with Crippen molar-refractivity contribution in [1.29, 1.82) is 0 Å². The molecule has 0 unspecified atom stereocenters. The zero-order valence-electron chi connectivity index (χ0n) is 9.07. The number of aliphatic hydroxyl groups excluding tert-OH is 2. The van der Waals surface area contributed by atoms with E-state index < -0.39 is 27.8 Å². The van der Waals surface area contributed by atoms with Crippen LogP contribution in [0, 0.1) is 0 Å². The van der Waals surface area contributed by atoms with Gasteiger partial charge in [-0.25, -0.2) is 8.42 Å². The van der Waals surface area contributed by atoms with Crippen molar-refractivity contribution in [2.24, 2.45) is 0 Å². The monoisotopic (exact) mass is 244 g/mol. The number of sulfone groups is 1. The lowest BCUT2D eigenvalue weighted by molar-refractivity contribution is 0.138. The number of hydrogen-bond acceptors (Lipinski definition) is 4. The van der Waals surface area contributed by atoms with E-state index in [-0.39, 0.29) is 5.75 Å². The Labute approximate surface area is 95.5 Å². The summed E-state index contributed by atoms with van der Waals surface area (Å²) in [7, 11) is -3.46. The van der Waals surface area contributed by atoms with E-state index in [1.807, 2.05) is 0 Å². The highest BCUT2D eigenvalue weighted by atomic mass is 32.2. The van der Waals surface area contributed by atoms with Gasteiger partial charge in [0, 0.05) is 5.75 Å². The maximum atomic E-state index is 11.6. The zero-order chi connectivity index (χ0) is 12.2. The highest BCUT2D eigenvalue weighted by Gasteiger charge is 2.31. The van der Waals surface area contributed by atoms with E-state index in [1.165, 1.54) is 6.92 Å². The fraction of sp³-hybridized carbons (Fsp3) is 0.455. The molecule has 1 rings (SSSR count). The van der Waals surface area contributed by atoms with E-state index in [1.54, 1.807) is 30.3 Å². The van der Waals surface area contributed by atoms with Crippen LogP contribution < -0.4 is 0 Å². The first-order valence-electron chi connectivity index (χ1n) is 5.08. The van der Waals surface area contributed by atoms with Crippen LogP contribution in [0.3, 0.4) is 0 Å². The first kappa shape index (κ1) is 13.2. The summed E-state index contributed by atoms with van der Waals surface area (Å²) in [5.74, 6) is -0.0951. The molecule has 0 heterocycles. The van der Waals surface area contributed by atoms with Crippen LogP contribution >= 0.6 is 0 Å². The van der Waals surface area contributed by atoms with Crippen LogP contribution in [0.4, 0.5) is 0 Å². The first-order chi connectivity index (χ1) is 7.53. The minimum Gasteiger partial charge on any atom is -0.395 e. The molecule has 1 aromatic carbocycles. The number of aliphatic hydroxyl groups is 2. The van der Waals surface area contributed by atoms with Gasteiger partial charge in [-0.05, 0) is 5.56 Å². The summed E-state index contributed by atoms with van der Waals surface area (Å²) in [6.07, 6.45) is -1.18. The number of hydrogen-bond donors (Lipinski definition) is 2. The fourth-order valence-electron chi connectivity index (χ4n) is 1.49. The molecule has 4 nitrogen and oxygen atoms in total. The quantitative estimate of drug-likeness (QED) is 0.791. The summed E-state index contributed by atoms with van der Waals surface area (Å²) in [6, 6.07) is 8.48. The van der Waals surface area contributed by atoms with Crippen LogP contribution in [-0.2, 0) is 9.84 Å². The maximum absolute atomic E-state index is 11.6. The smallest absolute Gasteiger partial charge is 0.158 e. The lowest BCUT2D eigenvalue weighted by atomic mass is 10.1. The standard InChI is InChI=1S/C11H16O4S/c1-2-16(14,15)10(8-12)11(13)9-6-4-3-5-7-9/h3-7,10-13H,2,8H2,1H3/t10-,11-/m0/s1. The molecule has 0 fully saturated rings. The Bertz CT molecular complexity index is 413. The second-order valence-electron chi connectivity index (χ2n) is 3.53. The second kappa shape index (κ2) is 5.43. The predicted molar refractivity (Wildman–Crippen MR) is 61.7 cm³/mol. The predicted octanol–water partition coefficient (Wildman–Crippen LogP) is 0.516. The van der Waals surface area contributed by atoms with Crippen molar-refractivity contribution in [3.8, 4) is 0 Å². The van der Waals surface area contributed by atoms with Gasteiger partial charge < -0.3 is 10.2 Å². The summed E-state index contributed by atoms with van der Waals surface area (Å²) in [5.41, 5.74) is 0.499. The van der Waals surface area contributed by atoms with E-state index in [2.05, 4.69) is 0 Å². The SMILES string of the molecule is CCS(=O)(=O)[C@@H](CO)[C@@H](O)c1ccccc1. The van der Waals surface area contributed by atoms with Crippen LogP contribution in [-0.4, -0.2) is 36.2 Å². The Hall–Kier alpha value is -0.910. The van der Waals surface area contributed by atoms with Gasteiger partial charge >= 0.3 is 0 Å². The van der Waals surface area contributed by atoms with Crippen molar-refractivity contribution in [3.63, 3.8) is 0 Å². The van der Waals surface area contributed by atoms with Crippen molar-refractivity contribution in [2.45, 2.75) is 18.3 Å². The van der Waals surface area contributed by atoms with Gasteiger partial charge in [-0.1, -0.05) is 37.3 Å². The van der Waals surface area contributed by atoms with Crippen molar-refractivity contribution < 1.29 is 18.6 Å². The summed E-state index contributed by atoms with van der Waals surface area (Å²) in [5, 5.41) is 17.8. The molecule has 0 bridgehead atoms. The van der Waals surface area contributed by atoms with Gasteiger partial charge in [0.2, 0.25) is 0 Å². The molecule has 90 valence electrons. The largest absolute Gasteiger partial charge is 0.395 e. The summed E-state index contributed by atoms with van der Waals surface area (Å²) in [6.45, 7) is 0.919. The van der Waals surface area contributed by atoms with Crippen LogP contribution in [0.15, 0.2) is 30.3 Å². The third-order valence-corrected chi connectivity index (χ3v) is 4.67. The highest BCUT2D eigenvalue weighted by Crippen LogP contribution is 2.22. The molecular weight excluding hydrogens is 228 g/mol. The molecule has 0 aliphatic carbocycles. The molecule has 5 heteroatoms. The minimum atomic E-state index is -3.46. The van der Waals surface area contributed by atoms with E-state index in [4.69, 9.17) is 5.11 Å². The molecule has 16 heavy (non-hydrogen) atoms. The number of rotatable bonds is 5. The summed E-state index contributed by atoms with van der Waals surface area (Å²) in [4.78, 5) is 0. The highest BCUT2D eigenvalue weighted by molar-refractivity contribution is 7.92. The van der Waals surface area contributed by atoms with Crippen LogP contribution in [0.25, 0.3) is 0 Å². The van der Waals surface area contributed by atoms with Gasteiger partial charge in [0.25, 0.3) is 0 Å². The molecular formula is C11H16O4S. The molecule has 0 aliphatic rings. The third kappa shape index (κ3) is 2.81. The Morgan fingerprint density at radius 1 is 1.25 bits per heavy atom. The van der Waals surface area contributed by atoms with Crippen molar-refractivity contribution in [1.82, 2.24) is 0 Å². The molecule has 0 amide bonds. The normalized spacial score (nSPS) is 15.7. The fourth-order valence-corrected chi connectivity index (χ4v) is 2.69. The van der Waals surface area contributed by atoms with Crippen molar-refractivity contribution in [2.75, 3.05) is 12.4 Å². The summed E-state index contributed by atoms with van der Waals surface area (Å²) >= 11 is 0. The topological polar surface area (TPSA) is 74.6 Å². The van der Waals surface area contributed by atoms with Gasteiger partial charge in [0.15, 0.2) is 9.84 Å². The van der Waals surface area contributed by atoms with Gasteiger partial charge in [-0.3, -0.25) is 0 Å². The Morgan fingerprint density at radius 3 is 2.25 bits per heavy atom. The third-order valence-electron chi connectivity index (χ3n) is 2.54. The molecule has 1 aromatic rings. The Balaban J connectivity index is 2.99. The van der Waals surface area contributed by atoms with Gasteiger partial charge in [0.1, 0.15) is 5.25 Å². The molecule has 0 aromatic heterocycles. The van der Waals surface area contributed by atoms with Gasteiger partial charge in [-0.2, -0.15) is 0 Å². The minimum absolute atomic E-state index is 0.0951. The Morgan fingerprint density at radius 2 is 1.81 bits per heavy atom. The maximum Gasteiger partial charge on any atom is 0.158 e. The van der Waals surface area contributed by atoms with Crippen LogP contribution in [0.2, 0.25) is 0 Å².